The van der Waals surface area contributed by atoms with Gasteiger partial charge in [0.1, 0.15) is 0 Å². The lowest BCUT2D eigenvalue weighted by Gasteiger charge is -2.19. The molecule has 0 amide bonds. The highest BCUT2D eigenvalue weighted by molar-refractivity contribution is 8.15. The molecule has 0 saturated carbocycles. The van der Waals surface area contributed by atoms with Gasteiger partial charge in [-0.3, -0.25) is 4.21 Å². The Labute approximate surface area is 89.5 Å². The maximum atomic E-state index is 11.8. The highest BCUT2D eigenvalue weighted by Crippen LogP contribution is 2.42. The molecular weight excluding hydrogens is 216 g/mol. The van der Waals surface area contributed by atoms with Crippen LogP contribution in [-0.4, -0.2) is 22.0 Å². The van der Waals surface area contributed by atoms with Gasteiger partial charge in [-0.2, -0.15) is 0 Å². The number of carbonyl (C=O) groups is 1. The highest BCUT2D eigenvalue weighted by Gasteiger charge is 2.43. The maximum absolute atomic E-state index is 11.8. The Morgan fingerprint density at radius 1 is 1.36 bits per heavy atom. The first kappa shape index (κ1) is 9.93. The fourth-order valence-electron chi connectivity index (χ4n) is 1.53. The fraction of sp³-hybridized carbons (Fsp3) is 0.300. The van der Waals surface area contributed by atoms with Crippen molar-refractivity contribution in [2.45, 2.75) is 4.08 Å². The van der Waals surface area contributed by atoms with Crippen LogP contribution in [0.2, 0.25) is 0 Å². The lowest BCUT2D eigenvalue weighted by molar-refractivity contribution is -0.108. The molecule has 1 aliphatic rings. The lowest BCUT2D eigenvalue weighted by Crippen LogP contribution is -2.25. The van der Waals surface area contributed by atoms with Gasteiger partial charge >= 0.3 is 0 Å². The number of hydrogen-bond acceptors (Lipinski definition) is 3. The molecular formula is C10H10O2S2. The van der Waals surface area contributed by atoms with E-state index < -0.39 is 14.9 Å². The van der Waals surface area contributed by atoms with Crippen molar-refractivity contribution in [3.8, 4) is 0 Å². The van der Waals surface area contributed by atoms with E-state index in [2.05, 4.69) is 0 Å². The first-order chi connectivity index (χ1) is 6.79. The number of thioether (sulfide) groups is 1. The van der Waals surface area contributed by atoms with E-state index in [1.807, 2.05) is 30.3 Å². The monoisotopic (exact) mass is 226 g/mol. The van der Waals surface area contributed by atoms with Crippen molar-refractivity contribution in [3.63, 3.8) is 0 Å². The molecule has 1 heterocycles. The highest BCUT2D eigenvalue weighted by atomic mass is 32.2. The Kier molecular flexibility index (Phi) is 2.74. The van der Waals surface area contributed by atoms with E-state index in [9.17, 15) is 9.00 Å². The van der Waals surface area contributed by atoms with Crippen LogP contribution in [0.5, 0.6) is 0 Å². The van der Waals surface area contributed by atoms with E-state index in [0.29, 0.717) is 5.75 Å². The van der Waals surface area contributed by atoms with Crippen LogP contribution in [0, 0.1) is 0 Å². The molecule has 1 aliphatic heterocycles. The van der Waals surface area contributed by atoms with Crippen molar-refractivity contribution in [2.75, 3.05) is 11.5 Å². The van der Waals surface area contributed by atoms with E-state index in [1.54, 1.807) is 0 Å². The van der Waals surface area contributed by atoms with Crippen molar-refractivity contribution >= 4 is 28.8 Å². The fourth-order valence-corrected chi connectivity index (χ4v) is 4.98. The summed E-state index contributed by atoms with van der Waals surface area (Å²) in [5, 5.41) is 0. The Bertz CT molecular complexity index is 364. The van der Waals surface area contributed by atoms with Gasteiger partial charge in [-0.15, -0.1) is 11.8 Å². The molecule has 2 unspecified atom stereocenters. The zero-order valence-electron chi connectivity index (χ0n) is 7.51. The molecule has 0 bridgehead atoms. The summed E-state index contributed by atoms with van der Waals surface area (Å²) < 4.78 is 11.0. The van der Waals surface area contributed by atoms with Gasteiger partial charge in [0.2, 0.25) is 0 Å². The average molecular weight is 226 g/mol. The van der Waals surface area contributed by atoms with Crippen molar-refractivity contribution in [2.24, 2.45) is 0 Å². The van der Waals surface area contributed by atoms with Gasteiger partial charge < -0.3 is 4.79 Å². The normalized spacial score (nSPS) is 31.6. The average Bonchev–Trinajstić information content (AvgIpc) is 2.62. The molecule has 0 spiro atoms. The number of rotatable bonds is 2. The van der Waals surface area contributed by atoms with E-state index in [-0.39, 0.29) is 0 Å². The summed E-state index contributed by atoms with van der Waals surface area (Å²) in [6.07, 6.45) is 0.829. The van der Waals surface area contributed by atoms with Crippen LogP contribution >= 0.6 is 11.8 Å². The van der Waals surface area contributed by atoms with E-state index in [4.69, 9.17) is 0 Å². The van der Waals surface area contributed by atoms with Gasteiger partial charge in [-0.1, -0.05) is 30.3 Å². The van der Waals surface area contributed by atoms with E-state index >= 15 is 0 Å². The van der Waals surface area contributed by atoms with Crippen LogP contribution in [0.15, 0.2) is 30.3 Å². The second kappa shape index (κ2) is 3.87. The molecule has 1 aromatic carbocycles. The van der Waals surface area contributed by atoms with Crippen molar-refractivity contribution < 1.29 is 9.00 Å². The minimum Gasteiger partial charge on any atom is -0.300 e. The van der Waals surface area contributed by atoms with Gasteiger partial charge in [0.25, 0.3) is 0 Å². The summed E-state index contributed by atoms with van der Waals surface area (Å²) in [6.45, 7) is 0. The lowest BCUT2D eigenvalue weighted by atomic mass is 10.1. The minimum absolute atomic E-state index is 0.609. The first-order valence-corrected chi connectivity index (χ1v) is 6.64. The summed E-state index contributed by atoms with van der Waals surface area (Å²) in [4.78, 5) is 11.1. The third-order valence-corrected chi connectivity index (χ3v) is 6.18. The smallest absolute Gasteiger partial charge is 0.171 e. The molecule has 4 heteroatoms. The largest absolute Gasteiger partial charge is 0.300 e. The molecule has 74 valence electrons. The predicted octanol–water partition coefficient (Wildman–Crippen LogP) is 1.53. The zero-order chi connectivity index (χ0) is 10.0. The minimum atomic E-state index is -1.08. The zero-order valence-corrected chi connectivity index (χ0v) is 9.14. The third-order valence-electron chi connectivity index (χ3n) is 2.25. The number of benzene rings is 1. The second-order valence-corrected chi connectivity index (χ2v) is 6.39. The molecule has 0 N–H and O–H groups in total. The number of hydrogen-bond donors (Lipinski definition) is 0. The first-order valence-electron chi connectivity index (χ1n) is 4.34. The predicted molar refractivity (Wildman–Crippen MR) is 59.7 cm³/mol. The van der Waals surface area contributed by atoms with Crippen LogP contribution in [0.4, 0.5) is 0 Å². The Hall–Kier alpha value is -0.610. The quantitative estimate of drug-likeness (QED) is 0.717. The molecule has 14 heavy (non-hydrogen) atoms. The van der Waals surface area contributed by atoms with Crippen LogP contribution in [-0.2, 0) is 19.7 Å². The molecule has 1 saturated heterocycles. The third kappa shape index (κ3) is 1.42. The van der Waals surface area contributed by atoms with Gasteiger partial charge in [0.15, 0.2) is 10.4 Å². The Morgan fingerprint density at radius 3 is 2.57 bits per heavy atom. The molecule has 0 aliphatic carbocycles. The van der Waals surface area contributed by atoms with Crippen molar-refractivity contribution in [3.05, 3.63) is 35.9 Å². The van der Waals surface area contributed by atoms with Crippen LogP contribution in [0.3, 0.4) is 0 Å². The second-order valence-electron chi connectivity index (χ2n) is 3.05. The molecule has 2 atom stereocenters. The number of carbonyl (C=O) groups excluding carboxylic acids is 1. The van der Waals surface area contributed by atoms with Crippen LogP contribution in [0.25, 0.3) is 0 Å². The molecule has 1 aromatic rings. The summed E-state index contributed by atoms with van der Waals surface area (Å²) in [6, 6.07) is 9.37. The summed E-state index contributed by atoms with van der Waals surface area (Å²) >= 11 is 1.48. The Morgan fingerprint density at radius 2 is 2.07 bits per heavy atom. The molecule has 2 rings (SSSR count). The summed E-state index contributed by atoms with van der Waals surface area (Å²) in [5.41, 5.74) is 0.857. The van der Waals surface area contributed by atoms with Crippen LogP contribution < -0.4 is 0 Å². The maximum Gasteiger partial charge on any atom is 0.171 e. The summed E-state index contributed by atoms with van der Waals surface area (Å²) in [7, 11) is -1.08. The van der Waals surface area contributed by atoms with Crippen molar-refractivity contribution in [1.82, 2.24) is 0 Å². The molecule has 1 fully saturated rings. The molecule has 0 radical (unpaired) electrons. The van der Waals surface area contributed by atoms with Gasteiger partial charge in [-0.25, -0.2) is 0 Å². The standard InChI is InChI=1S/C10H10O2S2/c11-8-10(13-6-7-14(10)12)9-4-2-1-3-5-9/h1-5,8H,6-7H2. The SMILES string of the molecule is O=CC1(c2ccccc2)SCCS1=O. The van der Waals surface area contributed by atoms with Crippen molar-refractivity contribution in [1.29, 1.82) is 0 Å². The summed E-state index contributed by atoms with van der Waals surface area (Å²) in [5.74, 6) is 1.40. The van der Waals surface area contributed by atoms with Crippen LogP contribution in [0.1, 0.15) is 5.56 Å². The molecule has 0 aromatic heterocycles. The topological polar surface area (TPSA) is 34.1 Å². The van der Waals surface area contributed by atoms with E-state index in [0.717, 1.165) is 17.6 Å². The number of aldehydes is 1. The van der Waals surface area contributed by atoms with E-state index in [1.165, 1.54) is 11.8 Å². The Balaban J connectivity index is 2.48. The van der Waals surface area contributed by atoms with Gasteiger partial charge in [0, 0.05) is 11.5 Å². The van der Waals surface area contributed by atoms with Gasteiger partial charge in [-0.05, 0) is 5.56 Å². The molecule has 2 nitrogen and oxygen atoms in total. The van der Waals surface area contributed by atoms with Gasteiger partial charge in [0.05, 0.1) is 10.8 Å².